The smallest absolute Gasteiger partial charge is 0.243 e. The standard InChI is InChI=1S/C9H19NO.C9H17NO.C7H17NO.C6H15NO.C6H15N/c2*1-5-8(11)10-7-6-9(2,3)4;1-7(2,3)6(9)5-8-4;1-6(2,3)5(8)4-7;1-6(2,3)4-5-7/h5-7H2,1-4H3,(H,10,11);5H,1,6-7H2,2-4H3,(H,10,11);6,8-9H,5H2,1-4H3;5,8H,4,7H2,1-3H3;4-5,7H2,1-3H3. The van der Waals surface area contributed by atoms with Crippen molar-refractivity contribution in [2.45, 2.75) is 149 Å². The molecule has 0 aliphatic heterocycles. The third kappa shape index (κ3) is 52.0. The Morgan fingerprint density at radius 3 is 1.24 bits per heavy atom. The molecule has 0 aliphatic carbocycles. The van der Waals surface area contributed by atoms with Crippen LogP contribution in [0.1, 0.15) is 136 Å². The fourth-order valence-corrected chi connectivity index (χ4v) is 2.62. The molecule has 0 saturated carbocycles. The summed E-state index contributed by atoms with van der Waals surface area (Å²) >= 11 is 0. The second-order valence-corrected chi connectivity index (χ2v) is 17.5. The van der Waals surface area contributed by atoms with E-state index < -0.39 is 0 Å². The van der Waals surface area contributed by atoms with Gasteiger partial charge in [-0.15, -0.1) is 0 Å². The summed E-state index contributed by atoms with van der Waals surface area (Å²) in [5, 5.41) is 26.9. The van der Waals surface area contributed by atoms with E-state index in [-0.39, 0.29) is 40.3 Å². The zero-order valence-electron chi connectivity index (χ0n) is 33.7. The summed E-state index contributed by atoms with van der Waals surface area (Å²) in [6, 6.07) is 0. The van der Waals surface area contributed by atoms with Crippen LogP contribution in [0.3, 0.4) is 0 Å². The Hall–Kier alpha value is -1.52. The highest BCUT2D eigenvalue weighted by molar-refractivity contribution is 5.86. The number of carbonyl (C=O) groups excluding carboxylic acids is 2. The first kappa shape index (κ1) is 53.9. The molecular formula is C37H83N5O4. The molecule has 0 aromatic heterocycles. The summed E-state index contributed by atoms with van der Waals surface area (Å²) in [6.45, 7) is 40.1. The van der Waals surface area contributed by atoms with Crippen molar-refractivity contribution in [2.24, 2.45) is 38.5 Å². The van der Waals surface area contributed by atoms with Gasteiger partial charge in [0.15, 0.2) is 0 Å². The van der Waals surface area contributed by atoms with E-state index in [0.717, 1.165) is 38.9 Å². The van der Waals surface area contributed by atoms with Gasteiger partial charge in [-0.2, -0.15) is 0 Å². The summed E-state index contributed by atoms with van der Waals surface area (Å²) in [4.78, 5) is 21.5. The molecule has 0 spiro atoms. The van der Waals surface area contributed by atoms with Crippen molar-refractivity contribution in [3.8, 4) is 0 Å². The summed E-state index contributed by atoms with van der Waals surface area (Å²) in [5.41, 5.74) is 11.5. The second-order valence-electron chi connectivity index (χ2n) is 17.5. The van der Waals surface area contributed by atoms with Gasteiger partial charge in [0.2, 0.25) is 11.8 Å². The minimum Gasteiger partial charge on any atom is -0.391 e. The van der Waals surface area contributed by atoms with E-state index >= 15 is 0 Å². The number of hydrogen-bond donors (Lipinski definition) is 7. The fraction of sp³-hybridized carbons (Fsp3) is 0.892. The molecule has 0 heterocycles. The Balaban J connectivity index is -0.000000154. The first-order valence-electron chi connectivity index (χ1n) is 17.0. The normalized spacial score (nSPS) is 13.0. The third-order valence-electron chi connectivity index (χ3n) is 6.39. The van der Waals surface area contributed by atoms with Crippen molar-refractivity contribution < 1.29 is 19.8 Å². The Morgan fingerprint density at radius 1 is 0.696 bits per heavy atom. The molecule has 9 heteroatoms. The predicted molar refractivity (Wildman–Crippen MR) is 202 cm³/mol. The topological polar surface area (TPSA) is 163 Å². The monoisotopic (exact) mass is 662 g/mol. The Bertz CT molecular complexity index is 737. The van der Waals surface area contributed by atoms with Gasteiger partial charge in [-0.1, -0.05) is 117 Å². The van der Waals surface area contributed by atoms with Crippen molar-refractivity contribution in [3.05, 3.63) is 12.7 Å². The van der Waals surface area contributed by atoms with Crippen LogP contribution in [-0.2, 0) is 9.59 Å². The SMILES string of the molecule is C=CC(=O)NCCC(C)(C)C.CC(C)(C)C(O)CN.CC(C)(C)CCN.CCC(=O)NCCC(C)(C)C.CNCC(O)C(C)(C)C. The van der Waals surface area contributed by atoms with E-state index in [0.29, 0.717) is 30.3 Å². The summed E-state index contributed by atoms with van der Waals surface area (Å²) < 4.78 is 0. The predicted octanol–water partition coefficient (Wildman–Crippen LogP) is 6.02. The zero-order valence-corrected chi connectivity index (χ0v) is 33.7. The number of amides is 2. The lowest BCUT2D eigenvalue weighted by molar-refractivity contribution is -0.121. The number of likely N-dealkylation sites (N-methyl/N-ethyl adjacent to an activating group) is 1. The van der Waals surface area contributed by atoms with Crippen LogP contribution >= 0.6 is 0 Å². The van der Waals surface area contributed by atoms with E-state index in [2.05, 4.69) is 84.8 Å². The van der Waals surface area contributed by atoms with Crippen LogP contribution in [0.15, 0.2) is 12.7 Å². The Labute approximate surface area is 286 Å². The maximum absolute atomic E-state index is 10.8. The molecule has 0 saturated heterocycles. The van der Waals surface area contributed by atoms with Gasteiger partial charge in [0, 0.05) is 32.6 Å². The van der Waals surface area contributed by atoms with Crippen molar-refractivity contribution in [1.82, 2.24) is 16.0 Å². The van der Waals surface area contributed by atoms with E-state index in [1.807, 2.05) is 55.5 Å². The van der Waals surface area contributed by atoms with Gasteiger partial charge in [-0.3, -0.25) is 9.59 Å². The first-order chi connectivity index (χ1) is 20.4. The highest BCUT2D eigenvalue weighted by Gasteiger charge is 2.20. The van der Waals surface area contributed by atoms with E-state index in [1.54, 1.807) is 0 Å². The van der Waals surface area contributed by atoms with Gasteiger partial charge in [0.05, 0.1) is 12.2 Å². The van der Waals surface area contributed by atoms with Crippen LogP contribution in [0.5, 0.6) is 0 Å². The average molecular weight is 662 g/mol. The van der Waals surface area contributed by atoms with Gasteiger partial charge >= 0.3 is 0 Å². The molecular weight excluding hydrogens is 578 g/mol. The molecule has 9 N–H and O–H groups in total. The molecule has 2 amide bonds. The van der Waals surface area contributed by atoms with Crippen molar-refractivity contribution in [1.29, 1.82) is 0 Å². The van der Waals surface area contributed by atoms with Gasteiger partial charge in [-0.25, -0.2) is 0 Å². The lowest BCUT2D eigenvalue weighted by atomic mass is 9.89. The molecule has 46 heavy (non-hydrogen) atoms. The zero-order chi connectivity index (χ0) is 38.0. The average Bonchev–Trinajstić information content (AvgIpc) is 2.86. The molecule has 2 atom stereocenters. The third-order valence-corrected chi connectivity index (χ3v) is 6.39. The minimum absolute atomic E-state index is 0.00299. The molecule has 0 bridgehead atoms. The summed E-state index contributed by atoms with van der Waals surface area (Å²) in [7, 11) is 1.84. The highest BCUT2D eigenvalue weighted by Crippen LogP contribution is 2.19. The number of aliphatic hydroxyl groups is 2. The molecule has 280 valence electrons. The van der Waals surface area contributed by atoms with Crippen LogP contribution in [0, 0.1) is 27.1 Å². The molecule has 0 radical (unpaired) electrons. The number of nitrogens with two attached hydrogens (primary N) is 2. The molecule has 2 unspecified atom stereocenters. The van der Waals surface area contributed by atoms with Crippen LogP contribution in [0.25, 0.3) is 0 Å². The number of nitrogens with one attached hydrogen (secondary N) is 3. The van der Waals surface area contributed by atoms with Gasteiger partial charge < -0.3 is 37.6 Å². The number of rotatable bonds is 10. The molecule has 0 aromatic carbocycles. The highest BCUT2D eigenvalue weighted by atomic mass is 16.3. The fourth-order valence-electron chi connectivity index (χ4n) is 2.62. The van der Waals surface area contributed by atoms with Crippen LogP contribution in [-0.4, -0.2) is 74.0 Å². The quantitative estimate of drug-likeness (QED) is 0.141. The van der Waals surface area contributed by atoms with Crippen LogP contribution in [0.2, 0.25) is 0 Å². The van der Waals surface area contributed by atoms with Crippen LogP contribution < -0.4 is 27.4 Å². The maximum Gasteiger partial charge on any atom is 0.243 e. The van der Waals surface area contributed by atoms with Crippen LogP contribution in [0.4, 0.5) is 0 Å². The van der Waals surface area contributed by atoms with E-state index in [4.69, 9.17) is 16.6 Å². The van der Waals surface area contributed by atoms with Gasteiger partial charge in [0.1, 0.15) is 0 Å². The minimum atomic E-state index is -0.373. The molecule has 0 aromatic rings. The van der Waals surface area contributed by atoms with Crippen molar-refractivity contribution >= 4 is 11.8 Å². The number of carbonyl (C=O) groups is 2. The first-order valence-corrected chi connectivity index (χ1v) is 17.0. The molecule has 0 rings (SSSR count). The summed E-state index contributed by atoms with van der Waals surface area (Å²) in [5.74, 6) is 0.0588. The van der Waals surface area contributed by atoms with Crippen molar-refractivity contribution in [2.75, 3.05) is 39.8 Å². The maximum atomic E-state index is 10.8. The van der Waals surface area contributed by atoms with Crippen molar-refractivity contribution in [3.63, 3.8) is 0 Å². The van der Waals surface area contributed by atoms with Gasteiger partial charge in [0.25, 0.3) is 0 Å². The Morgan fingerprint density at radius 2 is 1.07 bits per heavy atom. The lowest BCUT2D eigenvalue weighted by Gasteiger charge is -2.25. The number of hydrogen-bond acceptors (Lipinski definition) is 7. The van der Waals surface area contributed by atoms with E-state index in [1.165, 1.54) is 6.08 Å². The second kappa shape index (κ2) is 27.4. The Kier molecular flexibility index (Phi) is 32.2. The number of aliphatic hydroxyl groups excluding tert-OH is 2. The lowest BCUT2D eigenvalue weighted by Crippen LogP contribution is -2.34. The van der Waals surface area contributed by atoms with Gasteiger partial charge in [-0.05, 0) is 66.0 Å². The molecule has 0 fully saturated rings. The summed E-state index contributed by atoms with van der Waals surface area (Å²) in [6.07, 6.45) is 4.41. The van der Waals surface area contributed by atoms with E-state index in [9.17, 15) is 14.7 Å². The largest absolute Gasteiger partial charge is 0.391 e. The molecule has 0 aliphatic rings. The molecule has 9 nitrogen and oxygen atoms in total.